The molecule has 0 aliphatic heterocycles. The minimum atomic E-state index is 0.346. The van der Waals surface area contributed by atoms with E-state index in [9.17, 15) is 0 Å². The standard InChI is InChI=1S/C11H14N2/c1-8-3-4-9(2)11(5-8)10(6-12)7-13/h8-9H,3-5H2,1-2H3. The van der Waals surface area contributed by atoms with Gasteiger partial charge < -0.3 is 0 Å². The Kier molecular flexibility index (Phi) is 3.09. The molecule has 1 saturated carbocycles. The Morgan fingerprint density at radius 2 is 1.85 bits per heavy atom. The fraction of sp³-hybridized carbons (Fsp3) is 0.636. The normalized spacial score (nSPS) is 27.5. The molecule has 2 unspecified atom stereocenters. The molecule has 0 aromatic carbocycles. The van der Waals surface area contributed by atoms with Crippen molar-refractivity contribution in [2.45, 2.75) is 33.1 Å². The zero-order chi connectivity index (χ0) is 9.84. The molecule has 68 valence electrons. The summed E-state index contributed by atoms with van der Waals surface area (Å²) in [6.45, 7) is 4.29. The number of hydrogen-bond acceptors (Lipinski definition) is 2. The SMILES string of the molecule is CC1CCC(C)C(=C(C#N)C#N)C1. The molecule has 2 nitrogen and oxygen atoms in total. The second-order valence-corrected chi connectivity index (χ2v) is 3.91. The van der Waals surface area contributed by atoms with E-state index in [1.807, 2.05) is 12.1 Å². The van der Waals surface area contributed by atoms with E-state index in [1.165, 1.54) is 6.42 Å². The van der Waals surface area contributed by atoms with Crippen molar-refractivity contribution in [3.63, 3.8) is 0 Å². The summed E-state index contributed by atoms with van der Waals surface area (Å²) in [5.74, 6) is 1.05. The summed E-state index contributed by atoms with van der Waals surface area (Å²) in [6, 6.07) is 3.98. The molecule has 1 rings (SSSR count). The van der Waals surface area contributed by atoms with Gasteiger partial charge in [-0.25, -0.2) is 0 Å². The van der Waals surface area contributed by atoms with Gasteiger partial charge in [-0.1, -0.05) is 13.8 Å². The maximum absolute atomic E-state index is 8.75. The largest absolute Gasteiger partial charge is 0.192 e. The molecule has 0 bridgehead atoms. The van der Waals surface area contributed by atoms with Crippen LogP contribution in [0.2, 0.25) is 0 Å². The van der Waals surface area contributed by atoms with Gasteiger partial charge in [0.2, 0.25) is 0 Å². The molecular formula is C11H14N2. The van der Waals surface area contributed by atoms with Crippen LogP contribution in [0.3, 0.4) is 0 Å². The lowest BCUT2D eigenvalue weighted by molar-refractivity contribution is 0.385. The molecule has 0 spiro atoms. The van der Waals surface area contributed by atoms with Crippen LogP contribution in [0.4, 0.5) is 0 Å². The second kappa shape index (κ2) is 4.10. The average molecular weight is 174 g/mol. The van der Waals surface area contributed by atoms with E-state index in [4.69, 9.17) is 10.5 Å². The van der Waals surface area contributed by atoms with Gasteiger partial charge in [0.05, 0.1) is 0 Å². The van der Waals surface area contributed by atoms with Gasteiger partial charge >= 0.3 is 0 Å². The molecule has 0 amide bonds. The van der Waals surface area contributed by atoms with Gasteiger partial charge in [0.25, 0.3) is 0 Å². The minimum Gasteiger partial charge on any atom is -0.192 e. The van der Waals surface area contributed by atoms with Crippen LogP contribution in [-0.2, 0) is 0 Å². The van der Waals surface area contributed by atoms with E-state index in [1.54, 1.807) is 0 Å². The summed E-state index contributed by atoms with van der Waals surface area (Å²) in [4.78, 5) is 0. The van der Waals surface area contributed by atoms with E-state index >= 15 is 0 Å². The first-order chi connectivity index (χ1) is 6.19. The third-order valence-electron chi connectivity index (χ3n) is 2.80. The van der Waals surface area contributed by atoms with Gasteiger partial charge in [-0.05, 0) is 36.7 Å². The predicted molar refractivity (Wildman–Crippen MR) is 50.4 cm³/mol. The Bertz CT molecular complexity index is 285. The number of allylic oxidation sites excluding steroid dienone is 2. The van der Waals surface area contributed by atoms with Crippen molar-refractivity contribution in [1.82, 2.24) is 0 Å². The average Bonchev–Trinajstić information content (AvgIpc) is 2.13. The Morgan fingerprint density at radius 1 is 1.23 bits per heavy atom. The lowest BCUT2D eigenvalue weighted by Gasteiger charge is -2.26. The zero-order valence-electron chi connectivity index (χ0n) is 8.17. The Balaban J connectivity index is 2.95. The van der Waals surface area contributed by atoms with Crippen LogP contribution >= 0.6 is 0 Å². The van der Waals surface area contributed by atoms with Crippen LogP contribution in [0.15, 0.2) is 11.1 Å². The Morgan fingerprint density at radius 3 is 2.38 bits per heavy atom. The lowest BCUT2D eigenvalue weighted by atomic mass is 9.78. The summed E-state index contributed by atoms with van der Waals surface area (Å²) in [7, 11) is 0. The van der Waals surface area contributed by atoms with Crippen molar-refractivity contribution >= 4 is 0 Å². The van der Waals surface area contributed by atoms with Gasteiger partial charge in [0, 0.05) is 0 Å². The molecule has 13 heavy (non-hydrogen) atoms. The fourth-order valence-corrected chi connectivity index (χ4v) is 1.90. The van der Waals surface area contributed by atoms with Gasteiger partial charge in [-0.3, -0.25) is 0 Å². The van der Waals surface area contributed by atoms with Crippen molar-refractivity contribution in [2.75, 3.05) is 0 Å². The molecule has 2 atom stereocenters. The smallest absolute Gasteiger partial charge is 0.129 e. The van der Waals surface area contributed by atoms with Crippen LogP contribution in [0.25, 0.3) is 0 Å². The quantitative estimate of drug-likeness (QED) is 0.530. The summed E-state index contributed by atoms with van der Waals surface area (Å²) in [5, 5.41) is 17.5. The molecule has 1 aliphatic carbocycles. The van der Waals surface area contributed by atoms with Crippen LogP contribution in [-0.4, -0.2) is 0 Å². The van der Waals surface area contributed by atoms with Gasteiger partial charge in [0.15, 0.2) is 0 Å². The maximum Gasteiger partial charge on any atom is 0.129 e. The molecule has 0 aromatic heterocycles. The van der Waals surface area contributed by atoms with Gasteiger partial charge in [-0.15, -0.1) is 0 Å². The van der Waals surface area contributed by atoms with Crippen molar-refractivity contribution in [1.29, 1.82) is 10.5 Å². The molecule has 0 aromatic rings. The fourth-order valence-electron chi connectivity index (χ4n) is 1.90. The zero-order valence-corrected chi connectivity index (χ0v) is 8.17. The third kappa shape index (κ3) is 2.10. The molecular weight excluding hydrogens is 160 g/mol. The number of hydrogen-bond donors (Lipinski definition) is 0. The predicted octanol–water partition coefficient (Wildman–Crippen LogP) is 2.79. The third-order valence-corrected chi connectivity index (χ3v) is 2.80. The van der Waals surface area contributed by atoms with Crippen molar-refractivity contribution < 1.29 is 0 Å². The molecule has 1 aliphatic rings. The van der Waals surface area contributed by atoms with Gasteiger partial charge in [-0.2, -0.15) is 10.5 Å². The van der Waals surface area contributed by atoms with E-state index in [-0.39, 0.29) is 0 Å². The first-order valence-corrected chi connectivity index (χ1v) is 4.72. The van der Waals surface area contributed by atoms with Crippen LogP contribution in [0.1, 0.15) is 33.1 Å². The summed E-state index contributed by atoms with van der Waals surface area (Å²) in [5.41, 5.74) is 1.42. The van der Waals surface area contributed by atoms with Crippen LogP contribution < -0.4 is 0 Å². The van der Waals surface area contributed by atoms with E-state index in [0.29, 0.717) is 17.4 Å². The molecule has 0 radical (unpaired) electrons. The van der Waals surface area contributed by atoms with E-state index in [2.05, 4.69) is 13.8 Å². The second-order valence-electron chi connectivity index (χ2n) is 3.91. The minimum absolute atomic E-state index is 0.346. The van der Waals surface area contributed by atoms with E-state index in [0.717, 1.165) is 18.4 Å². The molecule has 0 saturated heterocycles. The highest BCUT2D eigenvalue weighted by Crippen LogP contribution is 2.34. The monoisotopic (exact) mass is 174 g/mol. The van der Waals surface area contributed by atoms with Crippen molar-refractivity contribution in [2.24, 2.45) is 11.8 Å². The highest BCUT2D eigenvalue weighted by atomic mass is 14.3. The van der Waals surface area contributed by atoms with Gasteiger partial charge in [0.1, 0.15) is 17.7 Å². The molecule has 0 N–H and O–H groups in total. The summed E-state index contributed by atoms with van der Waals surface area (Å²) in [6.07, 6.45) is 3.26. The van der Waals surface area contributed by atoms with E-state index < -0.39 is 0 Å². The number of nitriles is 2. The molecule has 2 heteroatoms. The summed E-state index contributed by atoms with van der Waals surface area (Å²) >= 11 is 0. The number of nitrogens with zero attached hydrogens (tertiary/aromatic N) is 2. The number of rotatable bonds is 0. The van der Waals surface area contributed by atoms with Crippen LogP contribution in [0, 0.1) is 34.5 Å². The Hall–Kier alpha value is -1.28. The van der Waals surface area contributed by atoms with Crippen molar-refractivity contribution in [3.05, 3.63) is 11.1 Å². The van der Waals surface area contributed by atoms with Crippen LogP contribution in [0.5, 0.6) is 0 Å². The van der Waals surface area contributed by atoms with Crippen molar-refractivity contribution in [3.8, 4) is 12.1 Å². The summed E-state index contributed by atoms with van der Waals surface area (Å²) < 4.78 is 0. The lowest BCUT2D eigenvalue weighted by Crippen LogP contribution is -2.14. The highest BCUT2D eigenvalue weighted by molar-refractivity contribution is 5.41. The maximum atomic E-state index is 8.75. The first kappa shape index (κ1) is 9.81. The first-order valence-electron chi connectivity index (χ1n) is 4.72. The molecule has 1 fully saturated rings. The highest BCUT2D eigenvalue weighted by Gasteiger charge is 2.22. The topological polar surface area (TPSA) is 47.6 Å². The molecule has 0 heterocycles. The Labute approximate surface area is 79.5 Å².